The molecule has 0 unspecified atom stereocenters. The first-order valence-electron chi connectivity index (χ1n) is 10.1. The normalized spacial score (nSPS) is 12.5. The minimum atomic E-state index is -0.155. The average Bonchev–Trinajstić information content (AvgIpc) is 3.34. The van der Waals surface area contributed by atoms with Crippen LogP contribution in [-0.4, -0.2) is 0 Å². The lowest BCUT2D eigenvalue weighted by Gasteiger charge is -2.02. The fourth-order valence-electron chi connectivity index (χ4n) is 5.41. The predicted molar refractivity (Wildman–Crippen MR) is 147 cm³/mol. The second-order valence-corrected chi connectivity index (χ2v) is 11.1. The molecule has 7 aromatic carbocycles. The van der Waals surface area contributed by atoms with E-state index in [2.05, 4.69) is 47.8 Å². The second-order valence-electron chi connectivity index (χ2n) is 8.31. The monoisotopic (exact) mass is 618 g/mol. The van der Waals surface area contributed by atoms with E-state index in [1.807, 2.05) is 36.4 Å². The molecule has 3 nitrogen and oxygen atoms in total. The fraction of sp³-hybridized carbons (Fsp3) is 0. The van der Waals surface area contributed by atoms with Gasteiger partial charge in [-0.15, -0.1) is 0 Å². The highest BCUT2D eigenvalue weighted by Gasteiger charge is 2.27. The van der Waals surface area contributed by atoms with Crippen molar-refractivity contribution in [1.82, 2.24) is 0 Å². The van der Waals surface area contributed by atoms with Gasteiger partial charge in [0.15, 0.2) is 16.3 Å². The van der Waals surface area contributed by atoms with Gasteiger partial charge in [-0.25, -0.2) is 0 Å². The van der Waals surface area contributed by atoms with Gasteiger partial charge in [-0.2, -0.15) is 0 Å². The summed E-state index contributed by atoms with van der Waals surface area (Å²) < 4.78 is 2.46. The molecule has 0 atom stereocenters. The van der Waals surface area contributed by atoms with Gasteiger partial charge in [-0.1, -0.05) is 47.8 Å². The Balaban J connectivity index is 2.03. The number of halogens is 3. The van der Waals surface area contributed by atoms with E-state index in [1.54, 1.807) is 18.2 Å². The zero-order valence-electron chi connectivity index (χ0n) is 16.6. The van der Waals surface area contributed by atoms with E-state index in [4.69, 9.17) is 0 Å². The predicted octanol–water partition coefficient (Wildman–Crippen LogP) is 7.29. The van der Waals surface area contributed by atoms with Crippen molar-refractivity contribution in [1.29, 1.82) is 0 Å². The summed E-state index contributed by atoms with van der Waals surface area (Å²) in [5.74, 6) is 0. The van der Waals surface area contributed by atoms with Crippen LogP contribution in [0.2, 0.25) is 0 Å². The molecule has 33 heavy (non-hydrogen) atoms. The standard InChI is InChI=1S/C27H9Br3O3/c28-10-1-4-13-16(7-10)19-22(25(13)31)20-17-8-11(29)2-5-14(17)27(33)24(20)21-18-9-12(30)3-6-15(18)26(32)23(19)21/h1-9H. The molecule has 0 amide bonds. The Hall–Kier alpha value is -2.67. The van der Waals surface area contributed by atoms with Crippen molar-refractivity contribution in [2.75, 3.05) is 0 Å². The second kappa shape index (κ2) is 6.47. The molecule has 0 spiro atoms. The molecule has 0 aromatic heterocycles. The molecule has 0 heterocycles. The molecule has 0 saturated carbocycles. The average molecular weight is 621 g/mol. The number of rotatable bonds is 0. The largest absolute Gasteiger partial charge is 0.289 e. The molecule has 0 aliphatic rings. The van der Waals surface area contributed by atoms with Crippen molar-refractivity contribution >= 4 is 112 Å². The summed E-state index contributed by atoms with van der Waals surface area (Å²) in [4.78, 5) is 41.2. The van der Waals surface area contributed by atoms with E-state index in [-0.39, 0.29) is 16.3 Å². The molecular weight excluding hydrogens is 612 g/mol. The lowest BCUT2D eigenvalue weighted by molar-refractivity contribution is 1.74. The van der Waals surface area contributed by atoms with E-state index in [1.165, 1.54) is 0 Å². The molecule has 7 aromatic rings. The smallest absolute Gasteiger partial charge is 0.194 e. The summed E-state index contributed by atoms with van der Waals surface area (Å²) in [6.45, 7) is 0. The molecule has 0 radical (unpaired) electrons. The van der Waals surface area contributed by atoms with Gasteiger partial charge in [0.1, 0.15) is 0 Å². The van der Waals surface area contributed by atoms with Crippen LogP contribution in [0.25, 0.3) is 64.6 Å². The summed E-state index contributed by atoms with van der Waals surface area (Å²) in [6.07, 6.45) is 0. The minimum Gasteiger partial charge on any atom is -0.289 e. The molecular formula is C27H9Br3O3. The van der Waals surface area contributed by atoms with Crippen molar-refractivity contribution < 1.29 is 0 Å². The molecule has 156 valence electrons. The van der Waals surface area contributed by atoms with Gasteiger partial charge in [0.2, 0.25) is 0 Å². The summed E-state index contributed by atoms with van der Waals surface area (Å²) in [6, 6.07) is 16.5. The maximum Gasteiger partial charge on any atom is 0.194 e. The van der Waals surface area contributed by atoms with Gasteiger partial charge in [-0.3, -0.25) is 14.4 Å². The Labute approximate surface area is 210 Å². The number of benzene rings is 4. The first kappa shape index (κ1) is 19.8. The van der Waals surface area contributed by atoms with Crippen LogP contribution in [0.15, 0.2) is 82.4 Å². The fourth-order valence-corrected chi connectivity index (χ4v) is 6.49. The van der Waals surface area contributed by atoms with Crippen molar-refractivity contribution in [2.45, 2.75) is 0 Å². The van der Waals surface area contributed by atoms with Gasteiger partial charge in [0, 0.05) is 61.9 Å². The summed E-state index contributed by atoms with van der Waals surface area (Å²) in [5.41, 5.74) is -0.466. The summed E-state index contributed by atoms with van der Waals surface area (Å²) >= 11 is 10.5. The van der Waals surface area contributed by atoms with Crippen LogP contribution in [0, 0.1) is 0 Å². The van der Waals surface area contributed by atoms with Gasteiger partial charge < -0.3 is 0 Å². The van der Waals surface area contributed by atoms with E-state index in [0.717, 1.165) is 29.6 Å². The third-order valence-electron chi connectivity index (χ3n) is 6.67. The first-order valence-corrected chi connectivity index (χ1v) is 12.5. The molecule has 0 bridgehead atoms. The van der Waals surface area contributed by atoms with Crippen LogP contribution in [0.5, 0.6) is 0 Å². The van der Waals surface area contributed by atoms with E-state index < -0.39 is 0 Å². The molecule has 7 rings (SSSR count). The highest BCUT2D eigenvalue weighted by Crippen LogP contribution is 2.43. The van der Waals surface area contributed by atoms with Crippen molar-refractivity contribution in [3.8, 4) is 0 Å². The van der Waals surface area contributed by atoms with Crippen LogP contribution < -0.4 is 16.3 Å². The van der Waals surface area contributed by atoms with Gasteiger partial charge in [0.05, 0.1) is 0 Å². The quantitative estimate of drug-likeness (QED) is 0.179. The lowest BCUT2D eigenvalue weighted by atomic mass is 9.99. The Morgan fingerprint density at radius 1 is 0.364 bits per heavy atom. The zero-order chi connectivity index (χ0) is 22.8. The van der Waals surface area contributed by atoms with Gasteiger partial charge >= 0.3 is 0 Å². The zero-order valence-corrected chi connectivity index (χ0v) is 21.3. The first-order chi connectivity index (χ1) is 15.9. The highest BCUT2D eigenvalue weighted by molar-refractivity contribution is 9.11. The number of fused-ring (bicyclic) bond motifs is 12. The topological polar surface area (TPSA) is 51.2 Å². The third-order valence-corrected chi connectivity index (χ3v) is 8.15. The molecule has 0 fully saturated rings. The number of hydrogen-bond acceptors (Lipinski definition) is 3. The Bertz CT molecular complexity index is 1890. The summed E-state index contributed by atoms with van der Waals surface area (Å²) in [5, 5.41) is 7.03. The SMILES string of the molecule is O=c1c2ccc(Br)cc2c2c1c1c3cc(Br)ccc3c(=O)c1c1c3cc(Br)ccc3c(=O)c21. The lowest BCUT2D eigenvalue weighted by Crippen LogP contribution is -1.99. The molecule has 0 aliphatic heterocycles. The van der Waals surface area contributed by atoms with E-state index in [9.17, 15) is 14.4 Å². The Morgan fingerprint density at radius 2 is 0.636 bits per heavy atom. The third kappa shape index (κ3) is 2.36. The molecule has 0 N–H and O–H groups in total. The van der Waals surface area contributed by atoms with Crippen LogP contribution >= 0.6 is 47.8 Å². The van der Waals surface area contributed by atoms with Crippen LogP contribution in [0.4, 0.5) is 0 Å². The maximum absolute atomic E-state index is 13.7. The van der Waals surface area contributed by atoms with Crippen LogP contribution in [-0.2, 0) is 0 Å². The van der Waals surface area contributed by atoms with Crippen LogP contribution in [0.3, 0.4) is 0 Å². The molecule has 0 saturated heterocycles. The van der Waals surface area contributed by atoms with Gasteiger partial charge in [-0.05, 0) is 70.8 Å². The van der Waals surface area contributed by atoms with E-state index >= 15 is 0 Å². The van der Waals surface area contributed by atoms with Crippen molar-refractivity contribution in [2.24, 2.45) is 0 Å². The highest BCUT2D eigenvalue weighted by atomic mass is 79.9. The van der Waals surface area contributed by atoms with E-state index in [0.29, 0.717) is 48.5 Å². The van der Waals surface area contributed by atoms with Crippen molar-refractivity contribution in [3.63, 3.8) is 0 Å². The molecule has 6 heteroatoms. The Kier molecular flexibility index (Phi) is 3.87. The summed E-state index contributed by atoms with van der Waals surface area (Å²) in [7, 11) is 0. The Morgan fingerprint density at radius 3 is 0.909 bits per heavy atom. The van der Waals surface area contributed by atoms with Crippen LogP contribution in [0.1, 0.15) is 0 Å². The molecule has 0 aliphatic carbocycles. The maximum atomic E-state index is 13.7. The number of hydrogen-bond donors (Lipinski definition) is 0. The van der Waals surface area contributed by atoms with Crippen molar-refractivity contribution in [3.05, 3.63) is 98.7 Å². The van der Waals surface area contributed by atoms with Gasteiger partial charge in [0.25, 0.3) is 0 Å². The minimum absolute atomic E-state index is 0.155.